The number of hydrogen-bond acceptors (Lipinski definition) is 5. The zero-order valence-electron chi connectivity index (χ0n) is 17.6. The van der Waals surface area contributed by atoms with E-state index in [1.54, 1.807) is 6.07 Å². The Labute approximate surface area is 188 Å². The van der Waals surface area contributed by atoms with Crippen molar-refractivity contribution < 1.29 is 13.9 Å². The minimum Gasteiger partial charge on any atom is -0.412 e. The Morgan fingerprint density at radius 3 is 2.10 bits per heavy atom. The van der Waals surface area contributed by atoms with E-state index < -0.39 is 10.0 Å². The van der Waals surface area contributed by atoms with E-state index in [1.165, 1.54) is 11.8 Å². The molecule has 0 saturated heterocycles. The first kappa shape index (κ1) is 24.9. The molecule has 8 heteroatoms. The minimum absolute atomic E-state index is 0. The van der Waals surface area contributed by atoms with Gasteiger partial charge in [-0.3, -0.25) is 0 Å². The second-order valence-electron chi connectivity index (χ2n) is 7.31. The van der Waals surface area contributed by atoms with Gasteiger partial charge in [0.15, 0.2) is 0 Å². The standard InChI is InChI=1S/C23H27N3O2S2.H2O/c1-17(2)25-16-19-13-21(26-15-18-9-5-3-6-10-18)23(22(14-19)30(24,27)28)29-20-11-7-4-8-12-20;/h3-14,17,25-26H,15-16H2,1-2H3,(H2,24,27,28);1H2. The molecule has 0 radical (unpaired) electrons. The lowest BCUT2D eigenvalue weighted by Crippen LogP contribution is -2.22. The van der Waals surface area contributed by atoms with Gasteiger partial charge in [0.05, 0.1) is 15.5 Å². The molecule has 0 atom stereocenters. The molecule has 6 N–H and O–H groups in total. The second kappa shape index (κ2) is 11.3. The molecule has 3 aromatic rings. The third-order valence-corrected chi connectivity index (χ3v) is 6.64. The highest BCUT2D eigenvalue weighted by Crippen LogP contribution is 2.39. The lowest BCUT2D eigenvalue weighted by atomic mass is 10.1. The van der Waals surface area contributed by atoms with Crippen molar-refractivity contribution >= 4 is 27.5 Å². The van der Waals surface area contributed by atoms with Crippen molar-refractivity contribution in [3.63, 3.8) is 0 Å². The Morgan fingerprint density at radius 1 is 0.903 bits per heavy atom. The van der Waals surface area contributed by atoms with Gasteiger partial charge in [-0.25, -0.2) is 13.6 Å². The van der Waals surface area contributed by atoms with E-state index in [0.717, 1.165) is 21.7 Å². The van der Waals surface area contributed by atoms with Gasteiger partial charge in [-0.2, -0.15) is 0 Å². The van der Waals surface area contributed by atoms with Crippen molar-refractivity contribution in [2.45, 2.75) is 47.7 Å². The van der Waals surface area contributed by atoms with Gasteiger partial charge >= 0.3 is 0 Å². The monoisotopic (exact) mass is 459 g/mol. The smallest absolute Gasteiger partial charge is 0.239 e. The topological polar surface area (TPSA) is 116 Å². The van der Waals surface area contributed by atoms with Crippen molar-refractivity contribution in [2.24, 2.45) is 5.14 Å². The Kier molecular flexibility index (Phi) is 9.09. The maximum absolute atomic E-state index is 12.5. The molecule has 3 aromatic carbocycles. The first-order valence-electron chi connectivity index (χ1n) is 9.77. The van der Waals surface area contributed by atoms with Crippen LogP contribution in [-0.4, -0.2) is 19.9 Å². The summed E-state index contributed by atoms with van der Waals surface area (Å²) < 4.78 is 25.0. The predicted molar refractivity (Wildman–Crippen MR) is 128 cm³/mol. The number of nitrogens with one attached hydrogen (secondary N) is 2. The molecule has 0 aliphatic heterocycles. The summed E-state index contributed by atoms with van der Waals surface area (Å²) in [7, 11) is -3.91. The molecule has 0 saturated carbocycles. The number of primary sulfonamides is 1. The van der Waals surface area contributed by atoms with Crippen LogP contribution in [0.3, 0.4) is 0 Å². The summed E-state index contributed by atoms with van der Waals surface area (Å²) in [4.78, 5) is 1.68. The van der Waals surface area contributed by atoms with Crippen LogP contribution in [-0.2, 0) is 23.1 Å². The average molecular weight is 460 g/mol. The number of benzene rings is 3. The zero-order chi connectivity index (χ0) is 21.6. The summed E-state index contributed by atoms with van der Waals surface area (Å²) in [6.07, 6.45) is 0. The summed E-state index contributed by atoms with van der Waals surface area (Å²) >= 11 is 1.39. The van der Waals surface area contributed by atoms with Crippen LogP contribution < -0.4 is 15.8 Å². The maximum Gasteiger partial charge on any atom is 0.239 e. The maximum atomic E-state index is 12.5. The predicted octanol–water partition coefficient (Wildman–Crippen LogP) is 3.77. The summed E-state index contributed by atoms with van der Waals surface area (Å²) in [5.41, 5.74) is 2.72. The zero-order valence-corrected chi connectivity index (χ0v) is 19.3. The SMILES string of the molecule is CC(C)NCc1cc(NCc2ccccc2)c(Sc2ccccc2)c(S(N)(=O)=O)c1.O. The summed E-state index contributed by atoms with van der Waals surface area (Å²) in [6, 6.07) is 23.6. The van der Waals surface area contributed by atoms with Gasteiger partial charge in [0, 0.05) is 24.0 Å². The van der Waals surface area contributed by atoms with E-state index in [9.17, 15) is 8.42 Å². The van der Waals surface area contributed by atoms with Crippen molar-refractivity contribution in [2.75, 3.05) is 5.32 Å². The van der Waals surface area contributed by atoms with Gasteiger partial charge < -0.3 is 16.1 Å². The van der Waals surface area contributed by atoms with E-state index >= 15 is 0 Å². The molecule has 166 valence electrons. The largest absolute Gasteiger partial charge is 0.412 e. The van der Waals surface area contributed by atoms with Gasteiger partial charge in [-0.1, -0.05) is 74.1 Å². The molecule has 0 fully saturated rings. The lowest BCUT2D eigenvalue weighted by molar-refractivity contribution is 0.585. The summed E-state index contributed by atoms with van der Waals surface area (Å²) in [5, 5.41) is 12.4. The molecular weight excluding hydrogens is 430 g/mol. The van der Waals surface area contributed by atoms with Crippen LogP contribution in [0, 0.1) is 0 Å². The van der Waals surface area contributed by atoms with E-state index in [4.69, 9.17) is 5.14 Å². The molecule has 0 unspecified atom stereocenters. The third-order valence-electron chi connectivity index (χ3n) is 4.42. The van der Waals surface area contributed by atoms with Gasteiger partial charge in [0.1, 0.15) is 0 Å². The van der Waals surface area contributed by atoms with Gasteiger partial charge in [-0.05, 0) is 35.4 Å². The molecule has 0 bridgehead atoms. The molecule has 3 rings (SSSR count). The molecule has 0 aliphatic rings. The van der Waals surface area contributed by atoms with E-state index in [0.29, 0.717) is 18.0 Å². The van der Waals surface area contributed by atoms with Crippen molar-refractivity contribution in [1.82, 2.24) is 5.32 Å². The highest BCUT2D eigenvalue weighted by molar-refractivity contribution is 8.00. The molecule has 0 aromatic heterocycles. The molecular formula is C23H29N3O3S2. The highest BCUT2D eigenvalue weighted by atomic mass is 32.2. The molecule has 31 heavy (non-hydrogen) atoms. The normalized spacial score (nSPS) is 11.2. The van der Waals surface area contributed by atoms with Crippen LogP contribution in [0.5, 0.6) is 0 Å². The third kappa shape index (κ3) is 7.37. The first-order chi connectivity index (χ1) is 14.3. The fourth-order valence-corrected chi connectivity index (χ4v) is 5.02. The van der Waals surface area contributed by atoms with Crippen LogP contribution in [0.15, 0.2) is 87.5 Å². The first-order valence-corrected chi connectivity index (χ1v) is 12.1. The van der Waals surface area contributed by atoms with Crippen LogP contribution >= 0.6 is 11.8 Å². The molecule has 0 amide bonds. The molecule has 0 aliphatic carbocycles. The quantitative estimate of drug-likeness (QED) is 0.450. The Morgan fingerprint density at radius 2 is 1.52 bits per heavy atom. The van der Waals surface area contributed by atoms with Crippen LogP contribution in [0.1, 0.15) is 25.0 Å². The second-order valence-corrected chi connectivity index (χ2v) is 9.92. The van der Waals surface area contributed by atoms with Gasteiger partial charge in [0.25, 0.3) is 0 Å². The van der Waals surface area contributed by atoms with Crippen LogP contribution in [0.25, 0.3) is 0 Å². The molecule has 0 spiro atoms. The van der Waals surface area contributed by atoms with E-state index in [-0.39, 0.29) is 16.4 Å². The summed E-state index contributed by atoms with van der Waals surface area (Å²) in [6.45, 7) is 5.23. The summed E-state index contributed by atoms with van der Waals surface area (Å²) in [5.74, 6) is 0. The lowest BCUT2D eigenvalue weighted by Gasteiger charge is -2.18. The van der Waals surface area contributed by atoms with E-state index in [2.05, 4.69) is 24.5 Å². The number of nitrogens with two attached hydrogens (primary N) is 1. The number of sulfonamides is 1. The van der Waals surface area contributed by atoms with Crippen LogP contribution in [0.2, 0.25) is 0 Å². The highest BCUT2D eigenvalue weighted by Gasteiger charge is 2.20. The van der Waals surface area contributed by atoms with Crippen molar-refractivity contribution in [3.05, 3.63) is 83.9 Å². The number of hydrogen-bond donors (Lipinski definition) is 3. The van der Waals surface area contributed by atoms with E-state index in [1.807, 2.05) is 66.7 Å². The fourth-order valence-electron chi connectivity index (χ4n) is 2.93. The van der Waals surface area contributed by atoms with Gasteiger partial charge in [0.2, 0.25) is 10.0 Å². The fraction of sp³-hybridized carbons (Fsp3) is 0.217. The Bertz CT molecular complexity index is 1070. The van der Waals surface area contributed by atoms with Crippen molar-refractivity contribution in [3.8, 4) is 0 Å². The Hall–Kier alpha value is -2.36. The van der Waals surface area contributed by atoms with Crippen molar-refractivity contribution in [1.29, 1.82) is 0 Å². The molecule has 0 heterocycles. The Balaban J connectivity index is 0.00000341. The van der Waals surface area contributed by atoms with Crippen LogP contribution in [0.4, 0.5) is 5.69 Å². The number of rotatable bonds is 9. The molecule has 6 nitrogen and oxygen atoms in total. The number of anilines is 1. The van der Waals surface area contributed by atoms with Gasteiger partial charge in [-0.15, -0.1) is 0 Å². The average Bonchev–Trinajstić information content (AvgIpc) is 2.72. The minimum atomic E-state index is -3.91.